The maximum absolute atomic E-state index is 5.71. The normalized spacial score (nSPS) is 11.6. The summed E-state index contributed by atoms with van der Waals surface area (Å²) in [4.78, 5) is 2.35. The molecule has 0 aliphatic carbocycles. The van der Waals surface area contributed by atoms with Crippen LogP contribution in [0.5, 0.6) is 0 Å². The average molecular weight is 286 g/mol. The van der Waals surface area contributed by atoms with Gasteiger partial charge in [-0.05, 0) is 20.0 Å². The lowest BCUT2D eigenvalue weighted by Gasteiger charge is -2.29. The van der Waals surface area contributed by atoms with E-state index in [1.807, 2.05) is 0 Å². The van der Waals surface area contributed by atoms with Crippen molar-refractivity contribution in [3.8, 4) is 0 Å². The van der Waals surface area contributed by atoms with Gasteiger partial charge in [-0.25, -0.2) is 0 Å². The summed E-state index contributed by atoms with van der Waals surface area (Å²) < 4.78 is 0. The van der Waals surface area contributed by atoms with Crippen molar-refractivity contribution in [1.29, 1.82) is 0 Å². The maximum Gasteiger partial charge on any atom is 0.0528 e. The lowest BCUT2D eigenvalue weighted by molar-refractivity contribution is 0.354. The van der Waals surface area contributed by atoms with E-state index in [1.54, 1.807) is 0 Å². The fourth-order valence-corrected chi connectivity index (χ4v) is 6.02. The molecular formula is C12H29Cl2NSi. The molecule has 0 atom stereocenters. The highest BCUT2D eigenvalue weighted by Crippen LogP contribution is 2.26. The Hall–Kier alpha value is 0.757. The quantitative estimate of drug-likeness (QED) is 0.446. The van der Waals surface area contributed by atoms with Crippen molar-refractivity contribution in [1.82, 2.24) is 4.90 Å². The molecule has 4 heteroatoms. The highest BCUT2D eigenvalue weighted by molar-refractivity contribution is 6.79. The van der Waals surface area contributed by atoms with Crippen LogP contribution in [0.15, 0.2) is 0 Å². The van der Waals surface area contributed by atoms with Crippen molar-refractivity contribution in [2.24, 2.45) is 0 Å². The monoisotopic (exact) mass is 285 g/mol. The summed E-state index contributed by atoms with van der Waals surface area (Å²) in [6.07, 6.45) is 1.37. The first kappa shape index (κ1) is 19.1. The largest absolute Gasteiger partial charge is 0.305 e. The number of nitrogens with zero attached hydrogens (tertiary/aromatic N) is 1. The van der Waals surface area contributed by atoms with Crippen molar-refractivity contribution in [3.63, 3.8) is 0 Å². The Bertz CT molecular complexity index is 144. The molecule has 0 aliphatic heterocycles. The lowest BCUT2D eigenvalue weighted by atomic mass is 10.4. The maximum atomic E-state index is 5.71. The molecule has 0 heterocycles. The van der Waals surface area contributed by atoms with E-state index in [0.29, 0.717) is 0 Å². The van der Waals surface area contributed by atoms with E-state index < -0.39 is 8.07 Å². The molecule has 0 aromatic carbocycles. The number of hydrogen-bond donors (Lipinski definition) is 0. The predicted octanol–water partition coefficient (Wildman–Crippen LogP) is 4.48. The minimum Gasteiger partial charge on any atom is -0.305 e. The summed E-state index contributed by atoms with van der Waals surface area (Å²) in [6, 6.07) is 5.88. The Labute approximate surface area is 114 Å². The second-order valence-corrected chi connectivity index (χ2v) is 10.7. The molecule has 0 N–H and O–H groups in total. The molecular weight excluding hydrogens is 257 g/mol. The molecule has 0 spiro atoms. The van der Waals surface area contributed by atoms with E-state index in [9.17, 15) is 0 Å². The van der Waals surface area contributed by atoms with Gasteiger partial charge in [0.2, 0.25) is 0 Å². The Morgan fingerprint density at radius 2 is 1.50 bits per heavy atom. The summed E-state index contributed by atoms with van der Waals surface area (Å²) in [6.45, 7) is 9.42. The van der Waals surface area contributed by atoms with Crippen LogP contribution in [0.25, 0.3) is 0 Å². The summed E-state index contributed by atoms with van der Waals surface area (Å²) >= 11 is 5.71. The van der Waals surface area contributed by atoms with Gasteiger partial charge in [-0.2, -0.15) is 0 Å². The van der Waals surface area contributed by atoms with Gasteiger partial charge in [-0.1, -0.05) is 44.9 Å². The first-order chi connectivity index (χ1) is 7.14. The number of rotatable bonds is 9. The summed E-state index contributed by atoms with van der Waals surface area (Å²) in [7, 11) is 1.31. The Kier molecular flexibility index (Phi) is 13.0. The van der Waals surface area contributed by atoms with Crippen molar-refractivity contribution in [2.45, 2.75) is 51.4 Å². The molecule has 1 nitrogen and oxygen atoms in total. The molecule has 0 rings (SSSR count). The molecule has 0 aromatic rings. The van der Waals surface area contributed by atoms with Crippen LogP contribution in [-0.4, -0.2) is 39.0 Å². The van der Waals surface area contributed by atoms with E-state index in [0.717, 1.165) is 12.4 Å². The van der Waals surface area contributed by atoms with Gasteiger partial charge in [0.25, 0.3) is 0 Å². The molecule has 0 saturated carbocycles. The van der Waals surface area contributed by atoms with E-state index in [1.165, 1.54) is 37.1 Å². The van der Waals surface area contributed by atoms with Crippen LogP contribution in [0, 0.1) is 0 Å². The van der Waals surface area contributed by atoms with Gasteiger partial charge in [0.1, 0.15) is 0 Å². The molecule has 100 valence electrons. The van der Waals surface area contributed by atoms with Crippen LogP contribution >= 0.6 is 24.0 Å². The third-order valence-electron chi connectivity index (χ3n) is 3.96. The first-order valence-electron chi connectivity index (χ1n) is 6.38. The van der Waals surface area contributed by atoms with Crippen LogP contribution in [0.2, 0.25) is 24.2 Å². The van der Waals surface area contributed by atoms with Gasteiger partial charge in [0.05, 0.1) is 8.07 Å². The van der Waals surface area contributed by atoms with Gasteiger partial charge in [0, 0.05) is 12.4 Å². The van der Waals surface area contributed by atoms with Gasteiger partial charge >= 0.3 is 0 Å². The molecule has 0 radical (unpaired) electrons. The first-order valence-corrected chi connectivity index (χ1v) is 9.75. The lowest BCUT2D eigenvalue weighted by Crippen LogP contribution is -2.32. The molecule has 16 heavy (non-hydrogen) atoms. The minimum atomic E-state index is -0.867. The zero-order chi connectivity index (χ0) is 11.7. The summed E-state index contributed by atoms with van der Waals surface area (Å²) in [5.74, 6) is 0.758. The van der Waals surface area contributed by atoms with Gasteiger partial charge in [0.15, 0.2) is 0 Å². The van der Waals surface area contributed by atoms with E-state index in [-0.39, 0.29) is 12.4 Å². The van der Waals surface area contributed by atoms with Crippen LogP contribution in [0.4, 0.5) is 0 Å². The number of alkyl halides is 1. The van der Waals surface area contributed by atoms with E-state index in [2.05, 4.69) is 32.7 Å². The molecule has 0 fully saturated rings. The highest BCUT2D eigenvalue weighted by atomic mass is 35.5. The third-order valence-corrected chi connectivity index (χ3v) is 10.0. The molecule has 0 amide bonds. The fourth-order valence-electron chi connectivity index (χ4n) is 2.26. The van der Waals surface area contributed by atoms with Gasteiger partial charge < -0.3 is 4.90 Å². The molecule has 0 aliphatic rings. The van der Waals surface area contributed by atoms with Crippen molar-refractivity contribution in [2.75, 3.05) is 26.0 Å². The van der Waals surface area contributed by atoms with Crippen molar-refractivity contribution < 1.29 is 0 Å². The number of hydrogen-bond acceptors (Lipinski definition) is 1. The molecule has 0 aromatic heterocycles. The van der Waals surface area contributed by atoms with E-state index >= 15 is 0 Å². The molecule has 0 unspecified atom stereocenters. The van der Waals surface area contributed by atoms with Gasteiger partial charge in [-0.3, -0.25) is 0 Å². The Balaban J connectivity index is 0. The number of halogens is 2. The third kappa shape index (κ3) is 7.15. The fraction of sp³-hybridized carbons (Fsp3) is 1.00. The van der Waals surface area contributed by atoms with Crippen LogP contribution in [-0.2, 0) is 0 Å². The summed E-state index contributed by atoms with van der Waals surface area (Å²) in [5.41, 5.74) is 0. The minimum absolute atomic E-state index is 0. The van der Waals surface area contributed by atoms with Gasteiger partial charge in [-0.15, -0.1) is 24.0 Å². The standard InChI is InChI=1S/C12H28ClNSi.ClH/c1-5-15(6-2,7-3)12-8-10-14(4)11-9-13;/h5-12H2,1-4H3;1H. The smallest absolute Gasteiger partial charge is 0.0528 e. The Morgan fingerprint density at radius 1 is 1.00 bits per heavy atom. The second kappa shape index (κ2) is 10.9. The van der Waals surface area contributed by atoms with Crippen LogP contribution in [0.3, 0.4) is 0 Å². The zero-order valence-corrected chi connectivity index (χ0v) is 14.0. The van der Waals surface area contributed by atoms with E-state index in [4.69, 9.17) is 11.6 Å². The SMILES string of the molecule is CC[Si](CC)(CC)CCCN(C)CCCl.Cl. The topological polar surface area (TPSA) is 3.24 Å². The summed E-state index contributed by atoms with van der Waals surface area (Å²) in [5, 5.41) is 0. The Morgan fingerprint density at radius 3 is 1.88 bits per heavy atom. The second-order valence-electron chi connectivity index (χ2n) is 4.66. The molecule has 0 saturated heterocycles. The van der Waals surface area contributed by atoms with Crippen molar-refractivity contribution >= 4 is 32.1 Å². The highest BCUT2D eigenvalue weighted by Gasteiger charge is 2.25. The van der Waals surface area contributed by atoms with Crippen LogP contribution in [0.1, 0.15) is 27.2 Å². The predicted molar refractivity (Wildman–Crippen MR) is 82.1 cm³/mol. The van der Waals surface area contributed by atoms with Crippen molar-refractivity contribution in [3.05, 3.63) is 0 Å². The molecule has 0 bridgehead atoms. The zero-order valence-electron chi connectivity index (χ0n) is 11.4. The van der Waals surface area contributed by atoms with Crippen LogP contribution < -0.4 is 0 Å². The average Bonchev–Trinajstić information content (AvgIpc) is 2.25.